The Balaban J connectivity index is 0.00000392. The van der Waals surface area contributed by atoms with E-state index in [9.17, 15) is 4.79 Å². The summed E-state index contributed by atoms with van der Waals surface area (Å²) < 4.78 is 1.93. The van der Waals surface area contributed by atoms with E-state index >= 15 is 0 Å². The van der Waals surface area contributed by atoms with Crippen LogP contribution in [0.2, 0.25) is 0 Å². The van der Waals surface area contributed by atoms with Gasteiger partial charge in [0.1, 0.15) is 0 Å². The zero-order valence-corrected chi connectivity index (χ0v) is 19.2. The SMILES string of the molecule is C=CCNC(=NCc1ccccc1-n1nc(C)cc1C)NCC(=O)N(C)C.I. The first kappa shape index (κ1) is 23.7. The van der Waals surface area contributed by atoms with Gasteiger partial charge in [0.05, 0.1) is 24.5 Å². The number of rotatable bonds is 7. The quantitative estimate of drug-likeness (QED) is 0.267. The number of para-hydroxylation sites is 1. The molecule has 0 bridgehead atoms. The van der Waals surface area contributed by atoms with Crippen LogP contribution in [0.15, 0.2) is 48.0 Å². The first-order valence-electron chi connectivity index (χ1n) is 8.87. The molecule has 2 N–H and O–H groups in total. The van der Waals surface area contributed by atoms with Crippen LogP contribution in [0, 0.1) is 13.8 Å². The molecule has 0 aliphatic heterocycles. The van der Waals surface area contributed by atoms with Gasteiger partial charge in [-0.15, -0.1) is 30.6 Å². The molecule has 0 aliphatic rings. The lowest BCUT2D eigenvalue weighted by Gasteiger charge is -2.15. The van der Waals surface area contributed by atoms with Crippen molar-refractivity contribution in [1.82, 2.24) is 25.3 Å². The highest BCUT2D eigenvalue weighted by Gasteiger charge is 2.09. The predicted molar refractivity (Wildman–Crippen MR) is 124 cm³/mol. The van der Waals surface area contributed by atoms with Crippen molar-refractivity contribution in [1.29, 1.82) is 0 Å². The van der Waals surface area contributed by atoms with E-state index in [1.54, 1.807) is 20.2 Å². The Labute approximate surface area is 183 Å². The fourth-order valence-corrected chi connectivity index (χ4v) is 2.55. The average Bonchev–Trinajstić information content (AvgIpc) is 2.99. The van der Waals surface area contributed by atoms with E-state index in [2.05, 4.69) is 27.3 Å². The maximum absolute atomic E-state index is 11.8. The van der Waals surface area contributed by atoms with Crippen molar-refractivity contribution in [3.63, 3.8) is 0 Å². The van der Waals surface area contributed by atoms with Gasteiger partial charge < -0.3 is 15.5 Å². The molecule has 28 heavy (non-hydrogen) atoms. The van der Waals surface area contributed by atoms with Gasteiger partial charge in [-0.25, -0.2) is 9.67 Å². The number of nitrogens with one attached hydrogen (secondary N) is 2. The summed E-state index contributed by atoms with van der Waals surface area (Å²) in [5.41, 5.74) is 4.09. The van der Waals surface area contributed by atoms with Crippen LogP contribution in [-0.2, 0) is 11.3 Å². The Hall–Kier alpha value is -2.36. The molecule has 1 aromatic heterocycles. The molecule has 0 saturated heterocycles. The van der Waals surface area contributed by atoms with Gasteiger partial charge in [-0.1, -0.05) is 24.3 Å². The van der Waals surface area contributed by atoms with Crippen LogP contribution in [0.1, 0.15) is 17.0 Å². The Morgan fingerprint density at radius 1 is 1.29 bits per heavy atom. The van der Waals surface area contributed by atoms with Gasteiger partial charge in [-0.05, 0) is 31.5 Å². The number of halogens is 1. The molecule has 0 fully saturated rings. The predicted octanol–water partition coefficient (Wildman–Crippen LogP) is 2.42. The summed E-state index contributed by atoms with van der Waals surface area (Å²) in [6.07, 6.45) is 1.74. The summed E-state index contributed by atoms with van der Waals surface area (Å²) in [5.74, 6) is 0.541. The average molecular weight is 496 g/mol. The highest BCUT2D eigenvalue weighted by atomic mass is 127. The third kappa shape index (κ3) is 6.66. The van der Waals surface area contributed by atoms with E-state index in [0.717, 1.165) is 22.6 Å². The smallest absolute Gasteiger partial charge is 0.241 e. The van der Waals surface area contributed by atoms with Gasteiger partial charge in [0.25, 0.3) is 0 Å². The fraction of sp³-hybridized carbons (Fsp3) is 0.350. The lowest BCUT2D eigenvalue weighted by Crippen LogP contribution is -2.43. The minimum atomic E-state index is -0.0221. The summed E-state index contributed by atoms with van der Waals surface area (Å²) >= 11 is 0. The molecule has 0 radical (unpaired) electrons. The molecule has 7 nitrogen and oxygen atoms in total. The minimum Gasteiger partial charge on any atom is -0.353 e. The third-order valence-corrected chi connectivity index (χ3v) is 3.96. The topological polar surface area (TPSA) is 74.5 Å². The molecule has 1 aromatic carbocycles. The molecule has 0 unspecified atom stereocenters. The fourth-order valence-electron chi connectivity index (χ4n) is 2.55. The number of benzene rings is 1. The van der Waals surface area contributed by atoms with Gasteiger partial charge in [-0.2, -0.15) is 5.10 Å². The van der Waals surface area contributed by atoms with Crippen LogP contribution in [0.4, 0.5) is 0 Å². The second kappa shape index (κ2) is 11.5. The summed E-state index contributed by atoms with van der Waals surface area (Å²) in [4.78, 5) is 18.0. The van der Waals surface area contributed by atoms with Crippen molar-refractivity contribution in [2.45, 2.75) is 20.4 Å². The summed E-state index contributed by atoms with van der Waals surface area (Å²) in [6, 6.07) is 10.1. The third-order valence-electron chi connectivity index (χ3n) is 3.96. The van der Waals surface area contributed by atoms with E-state index in [4.69, 9.17) is 0 Å². The number of aliphatic imine (C=N–C) groups is 1. The maximum Gasteiger partial charge on any atom is 0.241 e. The molecule has 0 atom stereocenters. The van der Waals surface area contributed by atoms with Crippen molar-refractivity contribution in [2.75, 3.05) is 27.2 Å². The van der Waals surface area contributed by atoms with E-state index < -0.39 is 0 Å². The molecule has 0 spiro atoms. The van der Waals surface area contributed by atoms with Crippen LogP contribution >= 0.6 is 24.0 Å². The number of hydrogen-bond acceptors (Lipinski definition) is 3. The van der Waals surface area contributed by atoms with Crippen LogP contribution in [0.3, 0.4) is 0 Å². The van der Waals surface area contributed by atoms with Crippen LogP contribution < -0.4 is 10.6 Å². The van der Waals surface area contributed by atoms with Crippen molar-refractivity contribution in [2.24, 2.45) is 4.99 Å². The second-order valence-corrected chi connectivity index (χ2v) is 6.44. The normalized spacial score (nSPS) is 10.8. The molecule has 0 aliphatic carbocycles. The van der Waals surface area contributed by atoms with Crippen molar-refractivity contribution >= 4 is 35.8 Å². The largest absolute Gasteiger partial charge is 0.353 e. The number of amides is 1. The molecular formula is C20H29IN6O. The summed E-state index contributed by atoms with van der Waals surface area (Å²) in [5, 5.41) is 10.8. The number of guanidine groups is 1. The molecule has 8 heteroatoms. The van der Waals surface area contributed by atoms with Gasteiger partial charge >= 0.3 is 0 Å². The second-order valence-electron chi connectivity index (χ2n) is 6.44. The van der Waals surface area contributed by atoms with Crippen molar-refractivity contribution in [3.8, 4) is 5.69 Å². The maximum atomic E-state index is 11.8. The number of nitrogens with zero attached hydrogens (tertiary/aromatic N) is 4. The van der Waals surface area contributed by atoms with Gasteiger partial charge in [0.15, 0.2) is 5.96 Å². The number of likely N-dealkylation sites (N-methyl/N-ethyl adjacent to an activating group) is 1. The monoisotopic (exact) mass is 496 g/mol. The molecule has 2 rings (SSSR count). The number of hydrogen-bond donors (Lipinski definition) is 2. The molecular weight excluding hydrogens is 467 g/mol. The zero-order valence-electron chi connectivity index (χ0n) is 16.9. The first-order valence-corrected chi connectivity index (χ1v) is 8.87. The zero-order chi connectivity index (χ0) is 19.8. The number of aryl methyl sites for hydroxylation is 2. The highest BCUT2D eigenvalue weighted by molar-refractivity contribution is 14.0. The Kier molecular flexibility index (Phi) is 9.70. The number of carbonyl (C=O) groups excluding carboxylic acids is 1. The molecule has 1 amide bonds. The highest BCUT2D eigenvalue weighted by Crippen LogP contribution is 2.17. The van der Waals surface area contributed by atoms with Crippen LogP contribution in [-0.4, -0.2) is 53.7 Å². The standard InChI is InChI=1S/C20H28N6O.HI/c1-6-11-21-20(23-14-19(27)25(4)5)22-13-17-9-7-8-10-18(17)26-16(3)12-15(2)24-26;/h6-10,12H,1,11,13-14H2,2-5H3,(H2,21,22,23);1H. The van der Waals surface area contributed by atoms with Crippen molar-refractivity contribution < 1.29 is 4.79 Å². The molecule has 152 valence electrons. The van der Waals surface area contributed by atoms with Gasteiger partial charge in [0.2, 0.25) is 5.91 Å². The van der Waals surface area contributed by atoms with E-state index in [1.807, 2.05) is 48.9 Å². The van der Waals surface area contributed by atoms with Crippen LogP contribution in [0.25, 0.3) is 5.69 Å². The van der Waals surface area contributed by atoms with Crippen LogP contribution in [0.5, 0.6) is 0 Å². The van der Waals surface area contributed by atoms with E-state index in [-0.39, 0.29) is 36.4 Å². The summed E-state index contributed by atoms with van der Waals surface area (Å²) in [6.45, 7) is 8.91. The van der Waals surface area contributed by atoms with E-state index in [1.165, 1.54) is 4.90 Å². The first-order chi connectivity index (χ1) is 12.9. The lowest BCUT2D eigenvalue weighted by atomic mass is 10.2. The Morgan fingerprint density at radius 3 is 2.61 bits per heavy atom. The van der Waals surface area contributed by atoms with Gasteiger partial charge in [-0.3, -0.25) is 4.79 Å². The molecule has 2 aromatic rings. The number of carbonyl (C=O) groups is 1. The van der Waals surface area contributed by atoms with E-state index in [0.29, 0.717) is 19.0 Å². The molecule has 1 heterocycles. The minimum absolute atomic E-state index is 0. The Bertz CT molecular complexity index is 828. The summed E-state index contributed by atoms with van der Waals surface area (Å²) in [7, 11) is 3.45. The molecule has 0 saturated carbocycles. The van der Waals surface area contributed by atoms with Crippen molar-refractivity contribution in [3.05, 3.63) is 59.9 Å². The lowest BCUT2D eigenvalue weighted by molar-refractivity contribution is -0.127. The number of aromatic nitrogens is 2. The van der Waals surface area contributed by atoms with Gasteiger partial charge in [0, 0.05) is 26.3 Å². The Morgan fingerprint density at radius 2 is 2.00 bits per heavy atom.